The Morgan fingerprint density at radius 2 is 2.05 bits per heavy atom. The topological polar surface area (TPSA) is 88.5 Å². The number of pyridine rings is 1. The van der Waals surface area contributed by atoms with Crippen LogP contribution in [0.5, 0.6) is 5.75 Å². The van der Waals surface area contributed by atoms with Gasteiger partial charge in [-0.1, -0.05) is 0 Å². The molecule has 21 heavy (non-hydrogen) atoms. The molecule has 6 nitrogen and oxygen atoms in total. The van der Waals surface area contributed by atoms with E-state index < -0.39 is 11.9 Å². The van der Waals surface area contributed by atoms with Crippen molar-refractivity contribution in [2.45, 2.75) is 0 Å². The number of ether oxygens (including phenoxy) is 1. The fraction of sp³-hybridized carbons (Fsp3) is 0.0714. The van der Waals surface area contributed by atoms with Gasteiger partial charge < -0.3 is 15.2 Å². The van der Waals surface area contributed by atoms with Gasteiger partial charge in [0, 0.05) is 22.9 Å². The molecule has 7 heteroatoms. The van der Waals surface area contributed by atoms with Gasteiger partial charge in [-0.3, -0.25) is 9.78 Å². The van der Waals surface area contributed by atoms with Crippen LogP contribution in [0.1, 0.15) is 20.7 Å². The van der Waals surface area contributed by atoms with E-state index in [-0.39, 0.29) is 11.3 Å². The Morgan fingerprint density at radius 1 is 1.29 bits per heavy atom. The lowest BCUT2D eigenvalue weighted by Gasteiger charge is -2.10. The van der Waals surface area contributed by atoms with Crippen LogP contribution in [-0.4, -0.2) is 29.1 Å². The number of carbonyl (C=O) groups is 2. The molecule has 0 atom stereocenters. The number of benzene rings is 1. The van der Waals surface area contributed by atoms with Crippen molar-refractivity contribution in [1.29, 1.82) is 0 Å². The van der Waals surface area contributed by atoms with Gasteiger partial charge in [-0.2, -0.15) is 0 Å². The first-order chi connectivity index (χ1) is 10.0. The van der Waals surface area contributed by atoms with E-state index in [1.165, 1.54) is 31.5 Å². The quantitative estimate of drug-likeness (QED) is 0.884. The van der Waals surface area contributed by atoms with Crippen LogP contribution < -0.4 is 10.1 Å². The first-order valence-electron chi connectivity index (χ1n) is 5.84. The predicted octanol–water partition coefficient (Wildman–Crippen LogP) is 2.80. The molecule has 1 amide bonds. The predicted molar refractivity (Wildman–Crippen MR) is 79.8 cm³/mol. The molecule has 0 aliphatic rings. The summed E-state index contributed by atoms with van der Waals surface area (Å²) in [6.07, 6.45) is 2.94. The lowest BCUT2D eigenvalue weighted by atomic mass is 10.1. The minimum atomic E-state index is -1.14. The Hall–Kier alpha value is -2.41. The highest BCUT2D eigenvalue weighted by molar-refractivity contribution is 9.10. The third kappa shape index (κ3) is 3.57. The molecular weight excluding hydrogens is 340 g/mol. The maximum atomic E-state index is 12.1. The zero-order valence-electron chi connectivity index (χ0n) is 11.0. The molecule has 0 aliphatic carbocycles. The van der Waals surface area contributed by atoms with Gasteiger partial charge in [0.05, 0.1) is 23.9 Å². The summed E-state index contributed by atoms with van der Waals surface area (Å²) in [6.45, 7) is 0. The normalized spacial score (nSPS) is 10.0. The summed E-state index contributed by atoms with van der Waals surface area (Å²) in [7, 11) is 1.46. The average Bonchev–Trinajstić information content (AvgIpc) is 2.46. The number of nitrogens with one attached hydrogen (secondary N) is 1. The van der Waals surface area contributed by atoms with Gasteiger partial charge in [0.25, 0.3) is 5.91 Å². The number of rotatable bonds is 4. The molecule has 0 spiro atoms. The number of hydrogen-bond acceptors (Lipinski definition) is 4. The zero-order valence-corrected chi connectivity index (χ0v) is 12.5. The second-order valence-corrected chi connectivity index (χ2v) is 4.98. The first-order valence-corrected chi connectivity index (χ1v) is 6.64. The van der Waals surface area contributed by atoms with Crippen molar-refractivity contribution in [1.82, 2.24) is 4.98 Å². The van der Waals surface area contributed by atoms with Gasteiger partial charge in [-0.05, 0) is 34.1 Å². The Labute approximate surface area is 128 Å². The summed E-state index contributed by atoms with van der Waals surface area (Å²) in [6, 6.07) is 5.92. The Bertz CT molecular complexity index is 703. The van der Waals surface area contributed by atoms with Gasteiger partial charge in [0.15, 0.2) is 0 Å². The summed E-state index contributed by atoms with van der Waals surface area (Å²) in [5.74, 6) is -1.15. The Balaban J connectivity index is 2.33. The van der Waals surface area contributed by atoms with Crippen LogP contribution in [-0.2, 0) is 0 Å². The Morgan fingerprint density at radius 3 is 2.67 bits per heavy atom. The molecule has 108 valence electrons. The van der Waals surface area contributed by atoms with E-state index in [9.17, 15) is 9.59 Å². The maximum Gasteiger partial charge on any atom is 0.337 e. The van der Waals surface area contributed by atoms with Crippen molar-refractivity contribution in [3.63, 3.8) is 0 Å². The van der Waals surface area contributed by atoms with Crippen molar-refractivity contribution in [2.24, 2.45) is 0 Å². The van der Waals surface area contributed by atoms with Crippen molar-refractivity contribution in [2.75, 3.05) is 12.4 Å². The van der Waals surface area contributed by atoms with Crippen LogP contribution in [0.2, 0.25) is 0 Å². The second kappa shape index (κ2) is 6.36. The summed E-state index contributed by atoms with van der Waals surface area (Å²) >= 11 is 3.22. The molecule has 2 N–H and O–H groups in total. The molecule has 0 unspecified atom stereocenters. The minimum absolute atomic E-state index is 0.0212. The fourth-order valence-corrected chi connectivity index (χ4v) is 2.04. The number of amides is 1. The largest absolute Gasteiger partial charge is 0.497 e. The fourth-order valence-electron chi connectivity index (χ4n) is 1.67. The number of halogens is 1. The smallest absolute Gasteiger partial charge is 0.337 e. The van der Waals surface area contributed by atoms with Crippen LogP contribution in [0.25, 0.3) is 0 Å². The van der Waals surface area contributed by atoms with Gasteiger partial charge in [-0.25, -0.2) is 4.79 Å². The first kappa shape index (κ1) is 15.0. The lowest BCUT2D eigenvalue weighted by molar-refractivity contribution is 0.0698. The van der Waals surface area contributed by atoms with Crippen molar-refractivity contribution >= 4 is 33.5 Å². The number of carboxylic acids is 1. The number of anilines is 1. The van der Waals surface area contributed by atoms with Crippen molar-refractivity contribution in [3.8, 4) is 5.75 Å². The van der Waals surface area contributed by atoms with E-state index in [2.05, 4.69) is 26.2 Å². The maximum absolute atomic E-state index is 12.1. The molecule has 0 bridgehead atoms. The summed E-state index contributed by atoms with van der Waals surface area (Å²) in [5, 5.41) is 11.7. The van der Waals surface area contributed by atoms with E-state index in [0.717, 1.165) is 0 Å². The number of aromatic nitrogens is 1. The van der Waals surface area contributed by atoms with Crippen LogP contribution >= 0.6 is 15.9 Å². The highest BCUT2D eigenvalue weighted by Gasteiger charge is 2.15. The van der Waals surface area contributed by atoms with E-state index in [0.29, 0.717) is 15.8 Å². The Kier molecular flexibility index (Phi) is 4.54. The monoisotopic (exact) mass is 350 g/mol. The highest BCUT2D eigenvalue weighted by Crippen LogP contribution is 2.23. The SMILES string of the molecule is COc1ccc(C(=O)O)c(NC(=O)c2cncc(Br)c2)c1. The van der Waals surface area contributed by atoms with Crippen LogP contribution in [0.4, 0.5) is 5.69 Å². The summed E-state index contributed by atoms with van der Waals surface area (Å²) < 4.78 is 5.68. The van der Waals surface area contributed by atoms with Crippen LogP contribution in [0.15, 0.2) is 41.1 Å². The molecule has 0 saturated carbocycles. The van der Waals surface area contributed by atoms with E-state index in [4.69, 9.17) is 9.84 Å². The molecule has 1 aromatic carbocycles. The molecule has 0 radical (unpaired) electrons. The minimum Gasteiger partial charge on any atom is -0.497 e. The number of hydrogen-bond donors (Lipinski definition) is 2. The van der Waals surface area contributed by atoms with Gasteiger partial charge >= 0.3 is 5.97 Å². The van der Waals surface area contributed by atoms with E-state index >= 15 is 0 Å². The van der Waals surface area contributed by atoms with Crippen molar-refractivity contribution < 1.29 is 19.4 Å². The number of nitrogens with zero attached hydrogens (tertiary/aromatic N) is 1. The standard InChI is InChI=1S/C14H11BrN2O4/c1-21-10-2-3-11(14(19)20)12(5-10)17-13(18)8-4-9(15)7-16-6-8/h2-7H,1H3,(H,17,18)(H,19,20). The van der Waals surface area contributed by atoms with Crippen molar-refractivity contribution in [3.05, 3.63) is 52.3 Å². The molecule has 0 aliphatic heterocycles. The number of carboxylic acid groups (broad SMARTS) is 1. The molecule has 2 rings (SSSR count). The molecular formula is C14H11BrN2O4. The lowest BCUT2D eigenvalue weighted by Crippen LogP contribution is -2.15. The third-order valence-corrected chi connectivity index (χ3v) is 3.11. The molecule has 1 aromatic heterocycles. The van der Waals surface area contributed by atoms with Crippen LogP contribution in [0, 0.1) is 0 Å². The van der Waals surface area contributed by atoms with E-state index in [1.807, 2.05) is 0 Å². The number of carbonyl (C=O) groups excluding carboxylic acids is 1. The van der Waals surface area contributed by atoms with Gasteiger partial charge in [0.2, 0.25) is 0 Å². The number of methoxy groups -OCH3 is 1. The average molecular weight is 351 g/mol. The molecule has 0 fully saturated rings. The number of aromatic carboxylic acids is 1. The zero-order chi connectivity index (χ0) is 15.4. The van der Waals surface area contributed by atoms with Gasteiger partial charge in [0.1, 0.15) is 5.75 Å². The van der Waals surface area contributed by atoms with Crippen LogP contribution in [0.3, 0.4) is 0 Å². The summed E-state index contributed by atoms with van der Waals surface area (Å²) in [5.41, 5.74) is 0.447. The van der Waals surface area contributed by atoms with Gasteiger partial charge in [-0.15, -0.1) is 0 Å². The molecule has 1 heterocycles. The highest BCUT2D eigenvalue weighted by atomic mass is 79.9. The second-order valence-electron chi connectivity index (χ2n) is 4.06. The van der Waals surface area contributed by atoms with E-state index in [1.54, 1.807) is 12.3 Å². The third-order valence-electron chi connectivity index (χ3n) is 2.67. The summed E-state index contributed by atoms with van der Waals surface area (Å²) in [4.78, 5) is 27.2. The molecule has 2 aromatic rings. The molecule has 0 saturated heterocycles.